The molecule has 43 heavy (non-hydrogen) atoms. The lowest BCUT2D eigenvalue weighted by Gasteiger charge is -2.15. The Labute approximate surface area is 241 Å². The van der Waals surface area contributed by atoms with Crippen LogP contribution in [0.2, 0.25) is 0 Å². The van der Waals surface area contributed by atoms with Crippen molar-refractivity contribution in [3.63, 3.8) is 0 Å². The summed E-state index contributed by atoms with van der Waals surface area (Å²) in [5.74, 6) is -2.65. The highest BCUT2D eigenvalue weighted by Gasteiger charge is 2.27. The van der Waals surface area contributed by atoms with Crippen LogP contribution in [0.3, 0.4) is 0 Å². The number of hydrogen-bond donors (Lipinski definition) is 6. The van der Waals surface area contributed by atoms with E-state index in [0.29, 0.717) is 24.1 Å². The van der Waals surface area contributed by atoms with Gasteiger partial charge in [-0.3, -0.25) is 23.6 Å². The number of fused-ring (bicyclic) bond motifs is 2. The number of aromatic nitrogens is 3. The van der Waals surface area contributed by atoms with Crippen LogP contribution in [-0.2, 0) is 13.0 Å². The van der Waals surface area contributed by atoms with Crippen molar-refractivity contribution < 1.29 is 24.6 Å². The number of aromatic hydroxyl groups is 1. The first-order valence-electron chi connectivity index (χ1n) is 13.1. The summed E-state index contributed by atoms with van der Waals surface area (Å²) >= 11 is 0. The molecule has 2 aromatic heterocycles. The molecule has 3 aromatic carbocycles. The molecular weight excluding hydrogens is 558 g/mol. The third-order valence-electron chi connectivity index (χ3n) is 7.26. The maximum absolute atomic E-state index is 13.3. The van der Waals surface area contributed by atoms with Crippen LogP contribution in [0.25, 0.3) is 5.78 Å². The Bertz CT molecular complexity index is 2040. The van der Waals surface area contributed by atoms with Gasteiger partial charge < -0.3 is 31.9 Å². The van der Waals surface area contributed by atoms with Crippen molar-refractivity contribution >= 4 is 40.6 Å². The molecule has 6 rings (SSSR count). The van der Waals surface area contributed by atoms with Crippen molar-refractivity contribution in [2.75, 3.05) is 11.1 Å². The number of anilines is 3. The van der Waals surface area contributed by atoms with Crippen molar-refractivity contribution in [3.05, 3.63) is 109 Å². The van der Waals surface area contributed by atoms with E-state index in [2.05, 4.69) is 25.9 Å². The number of hydrogen-bond acceptors (Lipinski definition) is 10. The zero-order chi connectivity index (χ0) is 30.4. The molecule has 14 nitrogen and oxygen atoms in total. The zero-order valence-corrected chi connectivity index (χ0v) is 22.2. The van der Waals surface area contributed by atoms with Crippen LogP contribution in [0, 0.1) is 0 Å². The van der Waals surface area contributed by atoms with Crippen LogP contribution >= 0.6 is 0 Å². The normalized spacial score (nSPS) is 14.0. The Hall–Kier alpha value is -6.05. The zero-order valence-electron chi connectivity index (χ0n) is 22.2. The number of aromatic carboxylic acids is 1. The van der Waals surface area contributed by atoms with Gasteiger partial charge in [-0.15, -0.1) is 0 Å². The SMILES string of the molecule is Nc1c(Nc2cccc(CNC(=O)c3cc(C(=O)N[C@H]4CCc5cc(C(=O)O)ccc54)nc4nc(O)cn34)c2)c(=O)c1=O. The Balaban J connectivity index is 1.20. The lowest BCUT2D eigenvalue weighted by atomic mass is 10.0. The Kier molecular flexibility index (Phi) is 6.57. The summed E-state index contributed by atoms with van der Waals surface area (Å²) in [4.78, 5) is 69.0. The van der Waals surface area contributed by atoms with Crippen LogP contribution in [0.4, 0.5) is 17.1 Å². The van der Waals surface area contributed by atoms with Crippen molar-refractivity contribution in [2.45, 2.75) is 25.4 Å². The topological polar surface area (TPSA) is 218 Å². The van der Waals surface area contributed by atoms with Gasteiger partial charge in [0.25, 0.3) is 22.7 Å². The van der Waals surface area contributed by atoms with Crippen LogP contribution in [0.1, 0.15) is 60.5 Å². The van der Waals surface area contributed by atoms with Gasteiger partial charge in [0.1, 0.15) is 22.8 Å². The molecule has 1 atom stereocenters. The highest BCUT2D eigenvalue weighted by Crippen LogP contribution is 2.32. The molecule has 2 amide bonds. The smallest absolute Gasteiger partial charge is 0.335 e. The van der Waals surface area contributed by atoms with E-state index < -0.39 is 34.5 Å². The Morgan fingerprint density at radius 3 is 2.60 bits per heavy atom. The number of carboxylic acid groups (broad SMARTS) is 1. The first kappa shape index (κ1) is 27.1. The molecular formula is C29H23N7O7. The van der Waals surface area contributed by atoms with Crippen molar-refractivity contribution in [2.24, 2.45) is 0 Å². The lowest BCUT2D eigenvalue weighted by molar-refractivity contribution is 0.0696. The number of nitrogens with zero attached hydrogens (tertiary/aromatic N) is 3. The number of carbonyl (C=O) groups excluding carboxylic acids is 2. The second-order valence-corrected chi connectivity index (χ2v) is 10.0. The molecule has 0 aliphatic heterocycles. The van der Waals surface area contributed by atoms with Gasteiger partial charge in [-0.1, -0.05) is 18.2 Å². The average Bonchev–Trinajstić information content (AvgIpc) is 3.59. The molecule has 0 saturated heterocycles. The van der Waals surface area contributed by atoms with Gasteiger partial charge in [0, 0.05) is 12.2 Å². The molecule has 1 aliphatic rings. The number of amides is 2. The molecule has 216 valence electrons. The molecule has 0 spiro atoms. The van der Waals surface area contributed by atoms with E-state index in [1.54, 1.807) is 36.4 Å². The maximum atomic E-state index is 13.3. The molecule has 14 heteroatoms. The van der Waals surface area contributed by atoms with Gasteiger partial charge in [0.15, 0.2) is 0 Å². The third-order valence-corrected chi connectivity index (χ3v) is 7.26. The number of nitrogens with one attached hydrogen (secondary N) is 3. The summed E-state index contributed by atoms with van der Waals surface area (Å²) in [7, 11) is 0. The van der Waals surface area contributed by atoms with E-state index in [0.717, 1.165) is 11.1 Å². The standard InChI is InChI=1S/C29H23N7O7/c30-22-23(25(39)24(22)38)32-16-3-1-2-13(8-16)11-31-27(41)20-10-19(34-29-35-21(37)12-36(20)29)26(40)33-18-7-5-14-9-15(28(42)43)4-6-17(14)18/h1-4,6,8-10,12,18,32,37H,5,7,11,30H2,(H,31,41)(H,33,40)(H,42,43)/t18-/m0/s1. The molecule has 7 N–H and O–H groups in total. The van der Waals surface area contributed by atoms with Gasteiger partial charge in [-0.2, -0.15) is 4.98 Å². The minimum Gasteiger partial charge on any atom is -0.492 e. The minimum absolute atomic E-state index is 0.00772. The largest absolute Gasteiger partial charge is 0.492 e. The van der Waals surface area contributed by atoms with Gasteiger partial charge in [-0.25, -0.2) is 9.78 Å². The summed E-state index contributed by atoms with van der Waals surface area (Å²) in [5, 5.41) is 27.7. The van der Waals surface area contributed by atoms with Crippen LogP contribution in [-0.4, -0.2) is 42.4 Å². The quantitative estimate of drug-likeness (QED) is 0.144. The molecule has 0 saturated carbocycles. The highest BCUT2D eigenvalue weighted by molar-refractivity contribution is 5.98. The Morgan fingerprint density at radius 1 is 1.02 bits per heavy atom. The highest BCUT2D eigenvalue weighted by atomic mass is 16.4. The monoisotopic (exact) mass is 581 g/mol. The van der Waals surface area contributed by atoms with Gasteiger partial charge >= 0.3 is 5.97 Å². The van der Waals surface area contributed by atoms with E-state index in [1.165, 1.54) is 22.7 Å². The molecule has 5 aromatic rings. The predicted molar refractivity (Wildman–Crippen MR) is 153 cm³/mol. The van der Waals surface area contributed by atoms with Crippen molar-refractivity contribution in [1.82, 2.24) is 25.0 Å². The second-order valence-electron chi connectivity index (χ2n) is 10.0. The summed E-state index contributed by atoms with van der Waals surface area (Å²) < 4.78 is 1.26. The predicted octanol–water partition coefficient (Wildman–Crippen LogP) is 1.40. The number of nitrogens with two attached hydrogens (primary N) is 1. The Morgan fingerprint density at radius 2 is 1.84 bits per heavy atom. The number of benzene rings is 2. The fraction of sp³-hybridized carbons (Fsp3) is 0.138. The summed E-state index contributed by atoms with van der Waals surface area (Å²) in [5.41, 5.74) is 6.85. The summed E-state index contributed by atoms with van der Waals surface area (Å²) in [6.07, 6.45) is 2.35. The van der Waals surface area contributed by atoms with Crippen LogP contribution in [0.5, 0.6) is 5.88 Å². The van der Waals surface area contributed by atoms with E-state index in [-0.39, 0.29) is 46.7 Å². The number of carbonyl (C=O) groups is 3. The summed E-state index contributed by atoms with van der Waals surface area (Å²) in [6.45, 7) is 0.0545. The lowest BCUT2D eigenvalue weighted by Crippen LogP contribution is -2.36. The van der Waals surface area contributed by atoms with E-state index in [9.17, 15) is 34.2 Å². The second kappa shape index (κ2) is 10.4. The fourth-order valence-electron chi connectivity index (χ4n) is 5.09. The van der Waals surface area contributed by atoms with Crippen LogP contribution in [0.15, 0.2) is 64.3 Å². The van der Waals surface area contributed by atoms with Gasteiger partial charge in [0.05, 0.1) is 17.8 Å². The first-order valence-corrected chi connectivity index (χ1v) is 13.1. The fourth-order valence-corrected chi connectivity index (χ4v) is 5.09. The third kappa shape index (κ3) is 5.01. The summed E-state index contributed by atoms with van der Waals surface area (Å²) in [6, 6.07) is 12.4. The van der Waals surface area contributed by atoms with Crippen LogP contribution < -0.4 is 32.5 Å². The molecule has 2 heterocycles. The van der Waals surface area contributed by atoms with E-state index >= 15 is 0 Å². The van der Waals surface area contributed by atoms with Gasteiger partial charge in [-0.05, 0) is 59.9 Å². The van der Waals surface area contributed by atoms with Gasteiger partial charge in [0.2, 0.25) is 11.7 Å². The number of aryl methyl sites for hydroxylation is 1. The molecule has 0 bridgehead atoms. The van der Waals surface area contributed by atoms with E-state index in [1.807, 2.05) is 0 Å². The maximum Gasteiger partial charge on any atom is 0.335 e. The average molecular weight is 582 g/mol. The first-order chi connectivity index (χ1) is 20.6. The molecule has 0 unspecified atom stereocenters. The number of rotatable bonds is 8. The van der Waals surface area contributed by atoms with Crippen molar-refractivity contribution in [1.29, 1.82) is 0 Å². The van der Waals surface area contributed by atoms with E-state index in [4.69, 9.17) is 5.73 Å². The number of carboxylic acids is 1. The molecule has 1 aliphatic carbocycles. The molecule has 0 radical (unpaired) electrons. The minimum atomic E-state index is -1.03. The number of nitrogen functional groups attached to an aromatic ring is 1. The molecule has 0 fully saturated rings. The van der Waals surface area contributed by atoms with Crippen molar-refractivity contribution in [3.8, 4) is 5.88 Å². The number of imidazole rings is 1.